The molecule has 0 aliphatic rings. The average Bonchev–Trinajstić information content (AvgIpc) is 2.83. The summed E-state index contributed by atoms with van der Waals surface area (Å²) in [5.41, 5.74) is 1.14. The molecule has 0 aliphatic carbocycles. The van der Waals surface area contributed by atoms with Gasteiger partial charge in [-0.25, -0.2) is 13.2 Å². The van der Waals surface area contributed by atoms with Crippen LogP contribution in [0, 0.1) is 0 Å². The second-order valence-corrected chi connectivity index (χ2v) is 8.82. The number of sulfonamides is 1. The Bertz CT molecular complexity index is 1230. The van der Waals surface area contributed by atoms with Crippen LogP contribution in [0.2, 0.25) is 0 Å². The molecule has 1 amide bonds. The van der Waals surface area contributed by atoms with Gasteiger partial charge in [-0.15, -0.1) is 0 Å². The van der Waals surface area contributed by atoms with Crippen LogP contribution in [0.3, 0.4) is 0 Å². The number of carbonyl (C=O) groups is 2. The summed E-state index contributed by atoms with van der Waals surface area (Å²) in [7, 11) is -0.651. The Morgan fingerprint density at radius 2 is 1.64 bits per heavy atom. The van der Waals surface area contributed by atoms with Crippen molar-refractivity contribution in [2.45, 2.75) is 11.4 Å². The van der Waals surface area contributed by atoms with Crippen LogP contribution in [0.1, 0.15) is 15.9 Å². The van der Waals surface area contributed by atoms with E-state index in [2.05, 4.69) is 4.72 Å². The molecular weight excluding hydrogens is 444 g/mol. The summed E-state index contributed by atoms with van der Waals surface area (Å²) >= 11 is 0. The van der Waals surface area contributed by atoms with E-state index in [0.717, 1.165) is 5.56 Å². The molecule has 0 unspecified atom stereocenters. The van der Waals surface area contributed by atoms with Crippen LogP contribution < -0.4 is 9.46 Å². The van der Waals surface area contributed by atoms with Gasteiger partial charge in [-0.1, -0.05) is 42.5 Å². The summed E-state index contributed by atoms with van der Waals surface area (Å²) in [6, 6.07) is 21.1. The Hall–Kier alpha value is -3.85. The number of para-hydroxylation sites is 1. The van der Waals surface area contributed by atoms with Crippen molar-refractivity contribution in [3.05, 3.63) is 90.0 Å². The quantitative estimate of drug-likeness (QED) is 0.484. The zero-order valence-electron chi connectivity index (χ0n) is 18.2. The molecule has 0 atom stereocenters. The maximum Gasteiger partial charge on any atom is 0.338 e. The summed E-state index contributed by atoms with van der Waals surface area (Å²) in [5, 5.41) is 0. The van der Waals surface area contributed by atoms with Crippen molar-refractivity contribution in [3.63, 3.8) is 0 Å². The highest BCUT2D eigenvalue weighted by molar-refractivity contribution is 7.92. The SMILES string of the molecule is COc1ccccc1CN(C)C(=O)COC(=O)c1cccc(NS(=O)(=O)c2ccccc2)c1. The molecule has 172 valence electrons. The van der Waals surface area contributed by atoms with Crippen LogP contribution in [-0.4, -0.2) is 46.0 Å². The Morgan fingerprint density at radius 3 is 2.36 bits per heavy atom. The minimum absolute atomic E-state index is 0.0988. The van der Waals surface area contributed by atoms with E-state index in [0.29, 0.717) is 5.75 Å². The van der Waals surface area contributed by atoms with E-state index >= 15 is 0 Å². The van der Waals surface area contributed by atoms with Crippen LogP contribution in [-0.2, 0) is 26.1 Å². The van der Waals surface area contributed by atoms with Gasteiger partial charge in [-0.2, -0.15) is 0 Å². The molecule has 9 heteroatoms. The number of nitrogens with zero attached hydrogens (tertiary/aromatic N) is 1. The molecule has 0 spiro atoms. The molecule has 0 aromatic heterocycles. The Balaban J connectivity index is 1.60. The van der Waals surface area contributed by atoms with Gasteiger partial charge in [0.25, 0.3) is 15.9 Å². The molecule has 0 bridgehead atoms. The molecule has 0 aliphatic heterocycles. The number of anilines is 1. The first-order valence-electron chi connectivity index (χ1n) is 10.0. The van der Waals surface area contributed by atoms with Crippen molar-refractivity contribution in [2.75, 3.05) is 25.5 Å². The lowest BCUT2D eigenvalue weighted by molar-refractivity contribution is -0.133. The highest BCUT2D eigenvalue weighted by Crippen LogP contribution is 2.19. The topological polar surface area (TPSA) is 102 Å². The fraction of sp³-hybridized carbons (Fsp3) is 0.167. The predicted octanol–water partition coefficient (Wildman–Crippen LogP) is 3.31. The summed E-state index contributed by atoms with van der Waals surface area (Å²) in [4.78, 5) is 26.4. The maximum absolute atomic E-state index is 12.5. The molecule has 3 aromatic rings. The van der Waals surface area contributed by atoms with Crippen LogP contribution in [0.4, 0.5) is 5.69 Å². The van der Waals surface area contributed by atoms with Crippen LogP contribution in [0.5, 0.6) is 5.75 Å². The van der Waals surface area contributed by atoms with E-state index in [1.54, 1.807) is 38.4 Å². The molecule has 0 radical (unpaired) electrons. The molecule has 33 heavy (non-hydrogen) atoms. The first kappa shape index (κ1) is 23.8. The standard InChI is InChI=1S/C24H24N2O6S/c1-26(16-19-9-6-7-14-22(19)31-2)23(27)17-32-24(28)18-10-8-11-20(15-18)25-33(29,30)21-12-4-3-5-13-21/h3-15,25H,16-17H2,1-2H3. The largest absolute Gasteiger partial charge is 0.496 e. The van der Waals surface area contributed by atoms with Crippen molar-refractivity contribution in [1.29, 1.82) is 0 Å². The Morgan fingerprint density at radius 1 is 0.939 bits per heavy atom. The third-order valence-corrected chi connectivity index (χ3v) is 6.15. The number of amides is 1. The number of hydrogen-bond acceptors (Lipinski definition) is 6. The van der Waals surface area contributed by atoms with Crippen molar-refractivity contribution in [3.8, 4) is 5.75 Å². The fourth-order valence-electron chi connectivity index (χ4n) is 3.02. The monoisotopic (exact) mass is 468 g/mol. The zero-order chi connectivity index (χ0) is 23.8. The van der Waals surface area contributed by atoms with Crippen molar-refractivity contribution in [2.24, 2.45) is 0 Å². The minimum atomic E-state index is -3.80. The van der Waals surface area contributed by atoms with Gasteiger partial charge in [0.15, 0.2) is 6.61 Å². The highest BCUT2D eigenvalue weighted by atomic mass is 32.2. The number of benzene rings is 3. The molecule has 0 heterocycles. The number of nitrogens with one attached hydrogen (secondary N) is 1. The van der Waals surface area contributed by atoms with Crippen LogP contribution in [0.25, 0.3) is 0 Å². The molecule has 8 nitrogen and oxygen atoms in total. The highest BCUT2D eigenvalue weighted by Gasteiger charge is 2.17. The van der Waals surface area contributed by atoms with Crippen LogP contribution in [0.15, 0.2) is 83.8 Å². The molecule has 3 aromatic carbocycles. The average molecular weight is 469 g/mol. The number of likely N-dealkylation sites (N-methyl/N-ethyl adjacent to an activating group) is 1. The number of ether oxygens (including phenoxy) is 2. The number of esters is 1. The predicted molar refractivity (Wildman–Crippen MR) is 123 cm³/mol. The van der Waals surface area contributed by atoms with E-state index < -0.39 is 28.5 Å². The van der Waals surface area contributed by atoms with Gasteiger partial charge in [0.1, 0.15) is 5.75 Å². The van der Waals surface area contributed by atoms with Gasteiger partial charge in [-0.3, -0.25) is 9.52 Å². The van der Waals surface area contributed by atoms with Gasteiger partial charge >= 0.3 is 5.97 Å². The minimum Gasteiger partial charge on any atom is -0.496 e. The smallest absolute Gasteiger partial charge is 0.338 e. The van der Waals surface area contributed by atoms with Gasteiger partial charge in [0.05, 0.1) is 17.6 Å². The van der Waals surface area contributed by atoms with Gasteiger partial charge < -0.3 is 14.4 Å². The number of methoxy groups -OCH3 is 1. The molecule has 0 saturated carbocycles. The molecular formula is C24H24N2O6S. The Kier molecular flexibility index (Phi) is 7.68. The van der Waals surface area contributed by atoms with Crippen LogP contribution >= 0.6 is 0 Å². The second-order valence-electron chi connectivity index (χ2n) is 7.14. The van der Waals surface area contributed by atoms with E-state index in [1.165, 1.54) is 41.3 Å². The van der Waals surface area contributed by atoms with E-state index in [1.807, 2.05) is 18.2 Å². The van der Waals surface area contributed by atoms with Gasteiger partial charge in [0, 0.05) is 24.8 Å². The molecule has 0 fully saturated rings. The first-order valence-corrected chi connectivity index (χ1v) is 11.5. The molecule has 0 saturated heterocycles. The fourth-order valence-corrected chi connectivity index (χ4v) is 4.09. The summed E-state index contributed by atoms with van der Waals surface area (Å²) in [5.74, 6) is -0.478. The second kappa shape index (κ2) is 10.6. The third kappa shape index (κ3) is 6.33. The lowest BCUT2D eigenvalue weighted by atomic mass is 10.2. The molecule has 1 N–H and O–H groups in total. The van der Waals surface area contributed by atoms with Crippen molar-refractivity contribution >= 4 is 27.6 Å². The van der Waals surface area contributed by atoms with Crippen molar-refractivity contribution < 1.29 is 27.5 Å². The Labute approximate surface area is 192 Å². The number of rotatable bonds is 9. The van der Waals surface area contributed by atoms with Crippen molar-refractivity contribution in [1.82, 2.24) is 4.90 Å². The molecule has 3 rings (SSSR count). The van der Waals surface area contributed by atoms with Gasteiger partial charge in [-0.05, 0) is 36.4 Å². The van der Waals surface area contributed by atoms with E-state index in [-0.39, 0.29) is 22.7 Å². The summed E-state index contributed by atoms with van der Waals surface area (Å²) < 4.78 is 37.8. The number of carbonyl (C=O) groups excluding carboxylic acids is 2. The first-order chi connectivity index (χ1) is 15.8. The summed E-state index contributed by atoms with van der Waals surface area (Å²) in [6.07, 6.45) is 0. The van der Waals surface area contributed by atoms with Gasteiger partial charge in [0.2, 0.25) is 0 Å². The lowest BCUT2D eigenvalue weighted by Crippen LogP contribution is -2.31. The third-order valence-electron chi connectivity index (χ3n) is 4.76. The summed E-state index contributed by atoms with van der Waals surface area (Å²) in [6.45, 7) is -0.165. The lowest BCUT2D eigenvalue weighted by Gasteiger charge is -2.18. The normalized spacial score (nSPS) is 10.8. The van der Waals surface area contributed by atoms with E-state index in [4.69, 9.17) is 9.47 Å². The number of hydrogen-bond donors (Lipinski definition) is 1. The van der Waals surface area contributed by atoms with E-state index in [9.17, 15) is 18.0 Å². The maximum atomic E-state index is 12.5. The zero-order valence-corrected chi connectivity index (χ0v) is 19.0.